The number of anilines is 2. The number of carbonyl (C=O) groups is 1. The zero-order valence-electron chi connectivity index (χ0n) is 13.9. The predicted molar refractivity (Wildman–Crippen MR) is 98.9 cm³/mol. The molecule has 8 nitrogen and oxygen atoms in total. The van der Waals surface area contributed by atoms with Crippen LogP contribution < -0.4 is 26.3 Å². The van der Waals surface area contributed by atoms with Crippen LogP contribution in [-0.4, -0.2) is 17.4 Å². The number of halogens is 1. The highest BCUT2D eigenvalue weighted by atomic mass is 19.1. The summed E-state index contributed by atoms with van der Waals surface area (Å²) in [5, 5.41) is 6.83. The van der Waals surface area contributed by atoms with Gasteiger partial charge in [0.25, 0.3) is 0 Å². The molecule has 2 aromatic carbocycles. The first kappa shape index (κ1) is 16.5. The zero-order chi connectivity index (χ0) is 18.6. The van der Waals surface area contributed by atoms with E-state index < -0.39 is 6.03 Å². The van der Waals surface area contributed by atoms with Crippen LogP contribution in [-0.2, 0) is 0 Å². The molecule has 2 aromatic rings. The number of aliphatic imine (C=N–C) groups is 1. The van der Waals surface area contributed by atoms with E-state index in [4.69, 9.17) is 4.84 Å². The van der Waals surface area contributed by atoms with E-state index in [0.717, 1.165) is 11.4 Å². The van der Waals surface area contributed by atoms with Crippen LogP contribution in [0.25, 0.3) is 0 Å². The maximum Gasteiger partial charge on any atom is 0.323 e. The summed E-state index contributed by atoms with van der Waals surface area (Å²) in [7, 11) is 0. The van der Waals surface area contributed by atoms with Crippen molar-refractivity contribution in [3.63, 3.8) is 0 Å². The highest BCUT2D eigenvalue weighted by molar-refractivity contribution is 5.99. The Morgan fingerprint density at radius 1 is 1.04 bits per heavy atom. The van der Waals surface area contributed by atoms with Gasteiger partial charge in [0.05, 0.1) is 6.20 Å². The van der Waals surface area contributed by atoms with E-state index in [0.29, 0.717) is 17.1 Å². The van der Waals surface area contributed by atoms with Crippen LogP contribution >= 0.6 is 0 Å². The lowest BCUT2D eigenvalue weighted by molar-refractivity contribution is 0.0646. The van der Waals surface area contributed by atoms with Crippen LogP contribution in [0.15, 0.2) is 77.3 Å². The lowest BCUT2D eigenvalue weighted by atomic mass is 10.3. The molecule has 2 amide bonds. The highest BCUT2D eigenvalue weighted by Crippen LogP contribution is 2.22. The van der Waals surface area contributed by atoms with Crippen molar-refractivity contribution < 1.29 is 14.0 Å². The van der Waals surface area contributed by atoms with E-state index in [9.17, 15) is 9.18 Å². The number of hydrazine groups is 1. The monoisotopic (exact) mass is 366 g/mol. The van der Waals surface area contributed by atoms with E-state index >= 15 is 0 Å². The molecule has 0 bridgehead atoms. The van der Waals surface area contributed by atoms with Crippen LogP contribution in [0, 0.1) is 5.82 Å². The van der Waals surface area contributed by atoms with Crippen LogP contribution in [0.1, 0.15) is 0 Å². The van der Waals surface area contributed by atoms with Gasteiger partial charge in [-0.1, -0.05) is 0 Å². The van der Waals surface area contributed by atoms with Crippen LogP contribution in [0.3, 0.4) is 0 Å². The Morgan fingerprint density at radius 2 is 1.70 bits per heavy atom. The van der Waals surface area contributed by atoms with Gasteiger partial charge >= 0.3 is 6.03 Å². The Hall–Kier alpha value is -4.01. The van der Waals surface area contributed by atoms with E-state index in [1.165, 1.54) is 29.3 Å². The summed E-state index contributed by atoms with van der Waals surface area (Å²) < 4.78 is 12.9. The fourth-order valence-corrected chi connectivity index (χ4v) is 2.45. The van der Waals surface area contributed by atoms with Crippen molar-refractivity contribution in [1.82, 2.24) is 15.9 Å². The fourth-order valence-electron chi connectivity index (χ4n) is 2.45. The van der Waals surface area contributed by atoms with Gasteiger partial charge in [0.2, 0.25) is 0 Å². The summed E-state index contributed by atoms with van der Waals surface area (Å²) in [6, 6.07) is 11.9. The summed E-state index contributed by atoms with van der Waals surface area (Å²) >= 11 is 0. The topological polar surface area (TPSA) is 90.0 Å². The molecule has 2 aliphatic rings. The lowest BCUT2D eigenvalue weighted by Crippen LogP contribution is -2.29. The predicted octanol–water partition coefficient (Wildman–Crippen LogP) is 2.90. The van der Waals surface area contributed by atoms with Crippen molar-refractivity contribution in [3.8, 4) is 5.75 Å². The van der Waals surface area contributed by atoms with Gasteiger partial charge in [0, 0.05) is 17.6 Å². The molecule has 27 heavy (non-hydrogen) atoms. The van der Waals surface area contributed by atoms with Gasteiger partial charge in [-0.15, -0.1) is 0 Å². The minimum absolute atomic E-state index is 0.363. The lowest BCUT2D eigenvalue weighted by Gasteiger charge is -2.22. The number of urea groups is 1. The average molecular weight is 366 g/mol. The standard InChI is InChI=1S/C18H15FN6O2/c19-12-1-3-13(4-2-12)22-18(26)23-14-5-7-15(8-6-14)27-25-11-20-9-16-17(25)10-21-24-16/h1-11,21,24H,(H2,22,23,26). The number of amides is 2. The summed E-state index contributed by atoms with van der Waals surface area (Å²) in [4.78, 5) is 21.8. The Bertz CT molecular complexity index is 937. The molecule has 0 radical (unpaired) electrons. The molecule has 0 saturated heterocycles. The van der Waals surface area contributed by atoms with Crippen molar-refractivity contribution in [1.29, 1.82) is 0 Å². The summed E-state index contributed by atoms with van der Waals surface area (Å²) in [5.41, 5.74) is 8.49. The summed E-state index contributed by atoms with van der Waals surface area (Å²) in [6.07, 6.45) is 4.98. The number of rotatable bonds is 4. The van der Waals surface area contributed by atoms with Crippen LogP contribution in [0.2, 0.25) is 0 Å². The molecule has 0 spiro atoms. The van der Waals surface area contributed by atoms with Gasteiger partial charge in [-0.05, 0) is 48.5 Å². The van der Waals surface area contributed by atoms with Crippen molar-refractivity contribution >= 4 is 23.7 Å². The van der Waals surface area contributed by atoms with Gasteiger partial charge in [-0.2, -0.15) is 5.06 Å². The first-order valence-corrected chi connectivity index (χ1v) is 8.04. The minimum atomic E-state index is -0.429. The molecule has 4 rings (SSSR count). The quantitative estimate of drug-likeness (QED) is 0.668. The van der Waals surface area contributed by atoms with Crippen molar-refractivity contribution in [2.45, 2.75) is 0 Å². The molecule has 2 aliphatic heterocycles. The van der Waals surface area contributed by atoms with Crippen LogP contribution in [0.4, 0.5) is 20.6 Å². The number of benzene rings is 2. The van der Waals surface area contributed by atoms with Gasteiger partial charge in [-0.25, -0.2) is 14.2 Å². The SMILES string of the molecule is O=C(Nc1ccc(F)cc1)Nc1ccc(ON2C=NC=C3NNC=C32)cc1. The number of hydroxylamine groups is 2. The minimum Gasteiger partial charge on any atom is -0.374 e. The Kier molecular flexibility index (Phi) is 4.32. The van der Waals surface area contributed by atoms with Gasteiger partial charge in [0.1, 0.15) is 23.5 Å². The molecule has 0 unspecified atom stereocenters. The Morgan fingerprint density at radius 3 is 2.41 bits per heavy atom. The number of carbonyl (C=O) groups excluding carboxylic acids is 1. The molecule has 9 heteroatoms. The number of nitrogens with zero attached hydrogens (tertiary/aromatic N) is 2. The van der Waals surface area contributed by atoms with Gasteiger partial charge < -0.3 is 20.9 Å². The molecule has 136 valence electrons. The van der Waals surface area contributed by atoms with Crippen molar-refractivity contribution in [2.75, 3.05) is 10.6 Å². The summed E-state index contributed by atoms with van der Waals surface area (Å²) in [6.45, 7) is 0. The van der Waals surface area contributed by atoms with E-state index in [-0.39, 0.29) is 5.82 Å². The third-order valence-electron chi connectivity index (χ3n) is 3.72. The molecule has 2 heterocycles. The number of nitrogens with one attached hydrogen (secondary N) is 4. The van der Waals surface area contributed by atoms with Crippen LogP contribution in [0.5, 0.6) is 5.75 Å². The summed E-state index contributed by atoms with van der Waals surface area (Å²) in [5.74, 6) is 0.206. The first-order valence-electron chi connectivity index (χ1n) is 8.04. The third-order valence-corrected chi connectivity index (χ3v) is 3.72. The molecule has 0 aromatic heterocycles. The fraction of sp³-hybridized carbons (Fsp3) is 0. The maximum atomic E-state index is 12.9. The Balaban J connectivity index is 1.35. The number of hydrogen-bond donors (Lipinski definition) is 4. The molecule has 0 fully saturated rings. The van der Waals surface area contributed by atoms with E-state index in [1.54, 1.807) is 43.0 Å². The normalized spacial score (nSPS) is 14.3. The third kappa shape index (κ3) is 3.82. The second-order valence-corrected chi connectivity index (χ2v) is 5.63. The molecular formula is C18H15FN6O2. The smallest absolute Gasteiger partial charge is 0.323 e. The second kappa shape index (κ2) is 7.08. The highest BCUT2D eigenvalue weighted by Gasteiger charge is 2.21. The molecule has 4 N–H and O–H groups in total. The molecular weight excluding hydrogens is 351 g/mol. The molecule has 0 atom stereocenters. The van der Waals surface area contributed by atoms with E-state index in [1.807, 2.05) is 0 Å². The van der Waals surface area contributed by atoms with Gasteiger partial charge in [-0.3, -0.25) is 5.43 Å². The second-order valence-electron chi connectivity index (χ2n) is 5.63. The largest absolute Gasteiger partial charge is 0.374 e. The first-order chi connectivity index (χ1) is 13.2. The zero-order valence-corrected chi connectivity index (χ0v) is 13.9. The average Bonchev–Trinajstić information content (AvgIpc) is 3.15. The molecule has 0 aliphatic carbocycles. The Labute approximate surface area is 154 Å². The van der Waals surface area contributed by atoms with E-state index in [2.05, 4.69) is 26.5 Å². The van der Waals surface area contributed by atoms with Crippen molar-refractivity contribution in [3.05, 3.63) is 78.1 Å². The molecule has 0 saturated carbocycles. The van der Waals surface area contributed by atoms with Crippen molar-refractivity contribution in [2.24, 2.45) is 4.99 Å². The number of hydrogen-bond acceptors (Lipinski definition) is 6. The number of fused-ring (bicyclic) bond motifs is 1. The van der Waals surface area contributed by atoms with Gasteiger partial charge in [0.15, 0.2) is 5.75 Å². The maximum absolute atomic E-state index is 12.9.